The van der Waals surface area contributed by atoms with Crippen LogP contribution in [0.3, 0.4) is 0 Å². The molecule has 0 unspecified atom stereocenters. The predicted octanol–water partition coefficient (Wildman–Crippen LogP) is 5.02. The zero-order valence-corrected chi connectivity index (χ0v) is 15.2. The molecule has 0 radical (unpaired) electrons. The van der Waals surface area contributed by atoms with Crippen LogP contribution < -0.4 is 10.6 Å². The molecule has 138 valence electrons. The number of amides is 1. The molecule has 2 aromatic carbocycles. The zero-order chi connectivity index (χ0) is 19.6. The third-order valence-corrected chi connectivity index (χ3v) is 3.95. The van der Waals surface area contributed by atoms with Crippen LogP contribution in [0.5, 0.6) is 0 Å². The van der Waals surface area contributed by atoms with Crippen LogP contribution in [0.15, 0.2) is 42.5 Å². The Kier molecular flexibility index (Phi) is 5.32. The quantitative estimate of drug-likeness (QED) is 0.658. The van der Waals surface area contributed by atoms with Crippen LogP contribution in [0.4, 0.5) is 26.0 Å². The minimum atomic E-state index is -0.771. The Morgan fingerprint density at radius 3 is 2.52 bits per heavy atom. The SMILES string of the molecule is Cc1nc(Nc2ccc(F)cc2F)cc(C(=O)Nc2cc(Cl)ccc2C)n1. The molecule has 0 saturated heterocycles. The van der Waals surface area contributed by atoms with Crippen molar-refractivity contribution >= 4 is 34.7 Å². The zero-order valence-electron chi connectivity index (χ0n) is 14.5. The van der Waals surface area contributed by atoms with Gasteiger partial charge in [-0.3, -0.25) is 4.79 Å². The summed E-state index contributed by atoms with van der Waals surface area (Å²) in [5, 5.41) is 5.96. The minimum absolute atomic E-state index is 0.0338. The third kappa shape index (κ3) is 4.57. The number of aryl methyl sites for hydroxylation is 2. The van der Waals surface area contributed by atoms with Gasteiger partial charge >= 0.3 is 0 Å². The molecular weight excluding hydrogens is 374 g/mol. The van der Waals surface area contributed by atoms with Crippen molar-refractivity contribution in [1.29, 1.82) is 0 Å². The highest BCUT2D eigenvalue weighted by Crippen LogP contribution is 2.22. The van der Waals surface area contributed by atoms with Gasteiger partial charge in [-0.2, -0.15) is 0 Å². The highest BCUT2D eigenvalue weighted by atomic mass is 35.5. The van der Waals surface area contributed by atoms with Crippen molar-refractivity contribution < 1.29 is 13.6 Å². The number of halogens is 3. The summed E-state index contributed by atoms with van der Waals surface area (Å²) in [5.74, 6) is -1.40. The maximum absolute atomic E-state index is 13.8. The smallest absolute Gasteiger partial charge is 0.274 e. The summed E-state index contributed by atoms with van der Waals surface area (Å²) in [6.07, 6.45) is 0. The Morgan fingerprint density at radius 2 is 1.78 bits per heavy atom. The number of aromatic nitrogens is 2. The van der Waals surface area contributed by atoms with Crippen LogP contribution in [0.25, 0.3) is 0 Å². The van der Waals surface area contributed by atoms with Crippen LogP contribution in [0.2, 0.25) is 5.02 Å². The van der Waals surface area contributed by atoms with Crippen molar-refractivity contribution in [2.24, 2.45) is 0 Å². The summed E-state index contributed by atoms with van der Waals surface area (Å²) in [6.45, 7) is 3.44. The van der Waals surface area contributed by atoms with E-state index >= 15 is 0 Å². The van der Waals surface area contributed by atoms with Gasteiger partial charge in [-0.1, -0.05) is 17.7 Å². The lowest BCUT2D eigenvalue weighted by atomic mass is 10.2. The Morgan fingerprint density at radius 1 is 1.00 bits per heavy atom. The monoisotopic (exact) mass is 388 g/mol. The molecule has 0 aliphatic carbocycles. The van der Waals surface area contributed by atoms with Crippen molar-refractivity contribution in [2.75, 3.05) is 10.6 Å². The molecule has 0 saturated carbocycles. The van der Waals surface area contributed by atoms with Gasteiger partial charge in [0.2, 0.25) is 0 Å². The molecule has 2 N–H and O–H groups in total. The molecule has 3 aromatic rings. The number of hydrogen-bond acceptors (Lipinski definition) is 4. The van der Waals surface area contributed by atoms with Gasteiger partial charge in [-0.05, 0) is 43.7 Å². The second-order valence-corrected chi connectivity index (χ2v) is 6.28. The molecule has 8 heteroatoms. The van der Waals surface area contributed by atoms with Crippen LogP contribution in [0, 0.1) is 25.5 Å². The van der Waals surface area contributed by atoms with E-state index in [2.05, 4.69) is 20.6 Å². The second-order valence-electron chi connectivity index (χ2n) is 5.85. The van der Waals surface area contributed by atoms with Crippen molar-refractivity contribution in [2.45, 2.75) is 13.8 Å². The molecule has 5 nitrogen and oxygen atoms in total. The molecule has 0 fully saturated rings. The van der Waals surface area contributed by atoms with Crippen LogP contribution in [0.1, 0.15) is 21.9 Å². The second kappa shape index (κ2) is 7.67. The van der Waals surface area contributed by atoms with E-state index in [4.69, 9.17) is 11.6 Å². The normalized spacial score (nSPS) is 10.6. The van der Waals surface area contributed by atoms with Crippen molar-refractivity contribution in [1.82, 2.24) is 9.97 Å². The van der Waals surface area contributed by atoms with Gasteiger partial charge in [-0.15, -0.1) is 0 Å². The standard InChI is InChI=1S/C19H15ClF2N4O/c1-10-3-4-12(20)7-16(10)26-19(27)17-9-18(24-11(2)23-17)25-15-6-5-13(21)8-14(15)22/h3-9H,1-2H3,(H,26,27)(H,23,24,25). The summed E-state index contributed by atoms with van der Waals surface area (Å²) in [6, 6.07) is 9.65. The molecule has 0 atom stereocenters. The Labute approximate surface area is 159 Å². The van der Waals surface area contributed by atoms with Gasteiger partial charge in [0.25, 0.3) is 5.91 Å². The molecule has 3 rings (SSSR count). The van der Waals surface area contributed by atoms with Crippen molar-refractivity contribution in [3.05, 3.63) is 76.2 Å². The first kappa shape index (κ1) is 18.7. The molecule has 0 spiro atoms. The van der Waals surface area contributed by atoms with Crippen LogP contribution in [-0.2, 0) is 0 Å². The number of carbonyl (C=O) groups excluding carboxylic acids is 1. The molecule has 0 aliphatic heterocycles. The predicted molar refractivity (Wildman–Crippen MR) is 101 cm³/mol. The summed E-state index contributed by atoms with van der Waals surface area (Å²) < 4.78 is 26.9. The van der Waals surface area contributed by atoms with Gasteiger partial charge in [0, 0.05) is 22.8 Å². The molecule has 0 bridgehead atoms. The Bertz CT molecular complexity index is 1030. The summed E-state index contributed by atoms with van der Waals surface area (Å²) in [5.41, 5.74) is 1.52. The number of nitrogens with zero attached hydrogens (tertiary/aromatic N) is 2. The Hall–Kier alpha value is -3.06. The van der Waals surface area contributed by atoms with Gasteiger partial charge in [0.05, 0.1) is 5.69 Å². The van der Waals surface area contributed by atoms with E-state index in [0.717, 1.165) is 17.7 Å². The topological polar surface area (TPSA) is 66.9 Å². The first-order valence-electron chi connectivity index (χ1n) is 7.97. The maximum Gasteiger partial charge on any atom is 0.274 e. The third-order valence-electron chi connectivity index (χ3n) is 3.71. The fourth-order valence-electron chi connectivity index (χ4n) is 2.39. The lowest BCUT2D eigenvalue weighted by Gasteiger charge is -2.11. The van der Waals surface area contributed by atoms with E-state index in [9.17, 15) is 13.6 Å². The number of rotatable bonds is 4. The van der Waals surface area contributed by atoms with Gasteiger partial charge in [0.1, 0.15) is 29.0 Å². The number of carbonyl (C=O) groups is 1. The molecule has 27 heavy (non-hydrogen) atoms. The van der Waals surface area contributed by atoms with E-state index in [1.807, 2.05) is 6.92 Å². The summed E-state index contributed by atoms with van der Waals surface area (Å²) in [7, 11) is 0. The largest absolute Gasteiger partial charge is 0.338 e. The van der Waals surface area contributed by atoms with E-state index in [0.29, 0.717) is 16.5 Å². The van der Waals surface area contributed by atoms with Gasteiger partial charge in [0.15, 0.2) is 0 Å². The van der Waals surface area contributed by atoms with Crippen molar-refractivity contribution in [3.63, 3.8) is 0 Å². The molecule has 1 heterocycles. The Balaban J connectivity index is 1.86. The lowest BCUT2D eigenvalue weighted by Crippen LogP contribution is -2.16. The highest BCUT2D eigenvalue weighted by molar-refractivity contribution is 6.31. The fourth-order valence-corrected chi connectivity index (χ4v) is 2.56. The lowest BCUT2D eigenvalue weighted by molar-refractivity contribution is 0.102. The summed E-state index contributed by atoms with van der Waals surface area (Å²) in [4.78, 5) is 20.8. The molecule has 0 aliphatic rings. The summed E-state index contributed by atoms with van der Waals surface area (Å²) >= 11 is 5.96. The average molecular weight is 389 g/mol. The molecule has 1 amide bonds. The van der Waals surface area contributed by atoms with E-state index in [1.165, 1.54) is 12.1 Å². The van der Waals surface area contributed by atoms with Crippen LogP contribution >= 0.6 is 11.6 Å². The minimum Gasteiger partial charge on any atom is -0.338 e. The number of nitrogens with one attached hydrogen (secondary N) is 2. The van der Waals surface area contributed by atoms with Crippen LogP contribution in [-0.4, -0.2) is 15.9 Å². The maximum atomic E-state index is 13.8. The van der Waals surface area contributed by atoms with Crippen molar-refractivity contribution in [3.8, 4) is 0 Å². The number of hydrogen-bond donors (Lipinski definition) is 2. The number of benzene rings is 2. The van der Waals surface area contributed by atoms with Gasteiger partial charge < -0.3 is 10.6 Å². The first-order valence-corrected chi connectivity index (χ1v) is 8.35. The highest BCUT2D eigenvalue weighted by Gasteiger charge is 2.13. The fraction of sp³-hybridized carbons (Fsp3) is 0.105. The number of anilines is 3. The average Bonchev–Trinajstić information content (AvgIpc) is 2.60. The molecular formula is C19H15ClF2N4O. The van der Waals surface area contributed by atoms with E-state index in [1.54, 1.807) is 25.1 Å². The van der Waals surface area contributed by atoms with Gasteiger partial charge in [-0.25, -0.2) is 18.7 Å². The van der Waals surface area contributed by atoms with E-state index in [-0.39, 0.29) is 17.2 Å². The first-order chi connectivity index (χ1) is 12.8. The molecule has 1 aromatic heterocycles. The van der Waals surface area contributed by atoms with E-state index < -0.39 is 17.5 Å².